The third kappa shape index (κ3) is 4.65. The molecule has 0 saturated carbocycles. The number of allylic oxidation sites excluding steroid dienone is 2. The van der Waals surface area contributed by atoms with Crippen LogP contribution in [0.25, 0.3) is 0 Å². The highest BCUT2D eigenvalue weighted by Gasteiger charge is 2.46. The number of fused-ring (bicyclic) bond motifs is 1. The van der Waals surface area contributed by atoms with Crippen molar-refractivity contribution in [3.63, 3.8) is 0 Å². The smallest absolute Gasteiger partial charge is 0.321 e. The van der Waals surface area contributed by atoms with Gasteiger partial charge in [-0.25, -0.2) is 4.79 Å². The Labute approximate surface area is 144 Å². The minimum atomic E-state index is -0.760. The number of hydrogen-bond acceptors (Lipinski definition) is 6. The Morgan fingerprint density at radius 3 is 2.32 bits per heavy atom. The average molecular weight is 351 g/mol. The number of esters is 1. The largest absolute Gasteiger partial charge is 0.456 e. The lowest BCUT2D eigenvalue weighted by atomic mass is 9.85. The lowest BCUT2D eigenvalue weighted by Crippen LogP contribution is -2.41. The molecular weight excluding hydrogens is 330 g/mol. The molecule has 1 heterocycles. The van der Waals surface area contributed by atoms with Crippen LogP contribution in [0, 0.1) is 11.8 Å². The number of amides is 5. The first-order valence-corrected chi connectivity index (χ1v) is 8.17. The summed E-state index contributed by atoms with van der Waals surface area (Å²) in [7, 11) is 0. The molecule has 1 fully saturated rings. The topological polar surface area (TPSA) is 122 Å². The predicted molar refractivity (Wildman–Crippen MR) is 84.9 cm³/mol. The molecule has 2 aliphatic rings. The number of rotatable bonds is 6. The van der Waals surface area contributed by atoms with E-state index in [1.165, 1.54) is 0 Å². The van der Waals surface area contributed by atoms with Crippen molar-refractivity contribution in [1.82, 2.24) is 15.5 Å². The third-order valence-electron chi connectivity index (χ3n) is 4.09. The Balaban J connectivity index is 1.73. The van der Waals surface area contributed by atoms with Gasteiger partial charge in [0.25, 0.3) is 5.91 Å². The summed E-state index contributed by atoms with van der Waals surface area (Å²) in [6.07, 6.45) is 4.65. The second-order valence-corrected chi connectivity index (χ2v) is 5.80. The normalized spacial score (nSPS) is 21.7. The van der Waals surface area contributed by atoms with Crippen LogP contribution in [-0.2, 0) is 23.9 Å². The molecule has 5 amide bonds. The minimum absolute atomic E-state index is 0.0680. The molecular formula is C16H21N3O6. The molecule has 2 atom stereocenters. The number of carbonyl (C=O) groups is 5. The lowest BCUT2D eigenvalue weighted by Gasteiger charge is -2.14. The van der Waals surface area contributed by atoms with Crippen molar-refractivity contribution in [2.75, 3.05) is 19.7 Å². The van der Waals surface area contributed by atoms with Gasteiger partial charge in [-0.3, -0.25) is 29.4 Å². The zero-order valence-electron chi connectivity index (χ0n) is 13.9. The summed E-state index contributed by atoms with van der Waals surface area (Å²) in [5.41, 5.74) is 0. The molecule has 2 rings (SSSR count). The van der Waals surface area contributed by atoms with Gasteiger partial charge in [0.05, 0.1) is 18.3 Å². The van der Waals surface area contributed by atoms with Crippen LogP contribution in [0.15, 0.2) is 12.2 Å². The van der Waals surface area contributed by atoms with Gasteiger partial charge in [-0.2, -0.15) is 0 Å². The zero-order valence-corrected chi connectivity index (χ0v) is 13.9. The summed E-state index contributed by atoms with van der Waals surface area (Å²) in [5, 5.41) is 4.35. The van der Waals surface area contributed by atoms with Crippen molar-refractivity contribution >= 4 is 29.7 Å². The molecule has 9 nitrogen and oxygen atoms in total. The zero-order chi connectivity index (χ0) is 18.4. The van der Waals surface area contributed by atoms with Crippen molar-refractivity contribution in [3.05, 3.63) is 12.2 Å². The van der Waals surface area contributed by atoms with E-state index in [2.05, 4.69) is 5.32 Å². The fourth-order valence-corrected chi connectivity index (χ4v) is 2.88. The third-order valence-corrected chi connectivity index (χ3v) is 4.09. The van der Waals surface area contributed by atoms with Crippen LogP contribution < -0.4 is 10.6 Å². The van der Waals surface area contributed by atoms with E-state index in [-0.39, 0.29) is 36.6 Å². The van der Waals surface area contributed by atoms with Gasteiger partial charge in [-0.1, -0.05) is 12.2 Å². The van der Waals surface area contributed by atoms with Crippen LogP contribution in [0.4, 0.5) is 4.79 Å². The Morgan fingerprint density at radius 2 is 1.76 bits per heavy atom. The maximum Gasteiger partial charge on any atom is 0.321 e. The van der Waals surface area contributed by atoms with Gasteiger partial charge in [-0.05, 0) is 19.8 Å². The maximum atomic E-state index is 12.2. The summed E-state index contributed by atoms with van der Waals surface area (Å²) in [4.78, 5) is 59.7. The predicted octanol–water partition coefficient (Wildman–Crippen LogP) is -0.283. The second kappa shape index (κ2) is 8.41. The van der Waals surface area contributed by atoms with E-state index < -0.39 is 24.5 Å². The van der Waals surface area contributed by atoms with E-state index in [0.29, 0.717) is 19.4 Å². The van der Waals surface area contributed by atoms with E-state index >= 15 is 0 Å². The SMILES string of the molecule is CCNC(=O)NC(=O)COC(=O)CCN1C(=O)[C@H]2CC=CC[C@H]2C1=O. The molecule has 136 valence electrons. The Bertz CT molecular complexity index is 589. The molecule has 0 aromatic carbocycles. The quantitative estimate of drug-likeness (QED) is 0.385. The van der Waals surface area contributed by atoms with Gasteiger partial charge in [-0.15, -0.1) is 0 Å². The molecule has 25 heavy (non-hydrogen) atoms. The highest BCUT2D eigenvalue weighted by molar-refractivity contribution is 6.05. The van der Waals surface area contributed by atoms with Crippen LogP contribution in [0.1, 0.15) is 26.2 Å². The van der Waals surface area contributed by atoms with E-state index in [1.54, 1.807) is 6.92 Å². The maximum absolute atomic E-state index is 12.2. The van der Waals surface area contributed by atoms with Gasteiger partial charge in [0, 0.05) is 13.1 Å². The number of nitrogens with one attached hydrogen (secondary N) is 2. The van der Waals surface area contributed by atoms with Crippen molar-refractivity contribution in [3.8, 4) is 0 Å². The highest BCUT2D eigenvalue weighted by atomic mass is 16.5. The van der Waals surface area contributed by atoms with E-state index in [9.17, 15) is 24.0 Å². The average Bonchev–Trinajstić information content (AvgIpc) is 2.83. The van der Waals surface area contributed by atoms with Gasteiger partial charge in [0.15, 0.2) is 6.61 Å². The van der Waals surface area contributed by atoms with Gasteiger partial charge in [0.2, 0.25) is 11.8 Å². The van der Waals surface area contributed by atoms with Crippen molar-refractivity contribution in [2.24, 2.45) is 11.8 Å². The van der Waals surface area contributed by atoms with E-state index in [4.69, 9.17) is 4.74 Å². The summed E-state index contributed by atoms with van der Waals surface area (Å²) < 4.78 is 4.74. The first-order valence-electron chi connectivity index (χ1n) is 8.17. The van der Waals surface area contributed by atoms with Gasteiger partial charge in [0.1, 0.15) is 0 Å². The molecule has 2 N–H and O–H groups in total. The summed E-state index contributed by atoms with van der Waals surface area (Å²) in [5.74, 6) is -2.68. The van der Waals surface area contributed by atoms with Crippen LogP contribution >= 0.6 is 0 Å². The molecule has 1 aliphatic carbocycles. The standard InChI is InChI=1S/C16H21N3O6/c1-2-17-16(24)18-12(20)9-25-13(21)7-8-19-14(22)10-5-3-4-6-11(10)15(19)23/h3-4,10-11H,2,5-9H2,1H3,(H2,17,18,20,24)/t10-,11+. The van der Waals surface area contributed by atoms with Crippen molar-refractivity contribution < 1.29 is 28.7 Å². The van der Waals surface area contributed by atoms with Crippen LogP contribution in [-0.4, -0.2) is 54.3 Å². The Hall–Kier alpha value is -2.71. The Morgan fingerprint density at radius 1 is 1.16 bits per heavy atom. The number of ether oxygens (including phenoxy) is 1. The highest BCUT2D eigenvalue weighted by Crippen LogP contribution is 2.34. The molecule has 0 unspecified atom stereocenters. The molecule has 0 aromatic rings. The fourth-order valence-electron chi connectivity index (χ4n) is 2.88. The first-order chi connectivity index (χ1) is 11.9. The Kier molecular flexibility index (Phi) is 6.26. The molecule has 0 bridgehead atoms. The van der Waals surface area contributed by atoms with Gasteiger partial charge < -0.3 is 10.1 Å². The monoisotopic (exact) mass is 351 g/mol. The van der Waals surface area contributed by atoms with Crippen molar-refractivity contribution in [2.45, 2.75) is 26.2 Å². The number of urea groups is 1. The number of likely N-dealkylation sites (tertiary alicyclic amines) is 1. The van der Waals surface area contributed by atoms with Crippen LogP contribution in [0.3, 0.4) is 0 Å². The number of hydrogen-bond donors (Lipinski definition) is 2. The summed E-state index contributed by atoms with van der Waals surface area (Å²) in [6, 6.07) is -0.673. The molecule has 1 saturated heterocycles. The number of carbonyl (C=O) groups excluding carboxylic acids is 5. The van der Waals surface area contributed by atoms with E-state index in [0.717, 1.165) is 4.90 Å². The fraction of sp³-hybridized carbons (Fsp3) is 0.562. The van der Waals surface area contributed by atoms with Crippen molar-refractivity contribution in [1.29, 1.82) is 0 Å². The summed E-state index contributed by atoms with van der Waals surface area (Å²) >= 11 is 0. The van der Waals surface area contributed by atoms with Gasteiger partial charge >= 0.3 is 12.0 Å². The van der Waals surface area contributed by atoms with Crippen LogP contribution in [0.5, 0.6) is 0 Å². The first kappa shape index (κ1) is 18.6. The summed E-state index contributed by atoms with van der Waals surface area (Å²) in [6.45, 7) is 1.37. The molecule has 9 heteroatoms. The number of nitrogens with zero attached hydrogens (tertiary/aromatic N) is 1. The molecule has 1 aliphatic heterocycles. The lowest BCUT2D eigenvalue weighted by molar-refractivity contribution is -0.149. The minimum Gasteiger partial charge on any atom is -0.456 e. The molecule has 0 aromatic heterocycles. The second-order valence-electron chi connectivity index (χ2n) is 5.80. The number of imide groups is 2. The molecule has 0 spiro atoms. The van der Waals surface area contributed by atoms with E-state index in [1.807, 2.05) is 17.5 Å². The van der Waals surface area contributed by atoms with Crippen LogP contribution in [0.2, 0.25) is 0 Å². The molecule has 0 radical (unpaired) electrons.